The third-order valence-electron chi connectivity index (χ3n) is 3.19. The molecular weight excluding hydrogens is 224 g/mol. The first-order valence-corrected chi connectivity index (χ1v) is 5.86. The van der Waals surface area contributed by atoms with Crippen LogP contribution in [0.4, 0.5) is 0 Å². The fraction of sp³-hybridized carbons (Fsp3) is 0.0625. The smallest absolute Gasteiger partial charge is 0.189 e. The highest BCUT2D eigenvalue weighted by Gasteiger charge is 2.26. The molecule has 0 spiro atoms. The minimum atomic E-state index is -1.03. The first kappa shape index (κ1) is 10.9. The van der Waals surface area contributed by atoms with Gasteiger partial charge in [0.05, 0.1) is 0 Å². The second-order valence-corrected chi connectivity index (χ2v) is 4.32. The molecule has 2 aromatic rings. The van der Waals surface area contributed by atoms with Crippen molar-refractivity contribution in [3.05, 3.63) is 77.4 Å². The number of benzene rings is 2. The second-order valence-electron chi connectivity index (χ2n) is 4.32. The summed E-state index contributed by atoms with van der Waals surface area (Å²) in [7, 11) is 0. The zero-order valence-electron chi connectivity index (χ0n) is 9.71. The van der Waals surface area contributed by atoms with Crippen molar-refractivity contribution < 1.29 is 9.90 Å². The van der Waals surface area contributed by atoms with Crippen molar-refractivity contribution in [1.82, 2.24) is 0 Å². The molecular formula is C16H12O2. The van der Waals surface area contributed by atoms with E-state index in [0.29, 0.717) is 5.56 Å². The molecule has 1 aliphatic rings. The summed E-state index contributed by atoms with van der Waals surface area (Å²) in [4.78, 5) is 11.8. The summed E-state index contributed by atoms with van der Waals surface area (Å²) in [5.41, 5.74) is 3.48. The fourth-order valence-corrected chi connectivity index (χ4v) is 2.29. The summed E-state index contributed by atoms with van der Waals surface area (Å²) in [6, 6.07) is 17.2. The molecule has 0 bridgehead atoms. The molecule has 2 nitrogen and oxygen atoms in total. The second kappa shape index (κ2) is 4.24. The molecule has 1 unspecified atom stereocenters. The highest BCUT2D eigenvalue weighted by Crippen LogP contribution is 2.34. The molecule has 0 amide bonds. The number of aliphatic hydroxyl groups excluding tert-OH is 1. The lowest BCUT2D eigenvalue weighted by Crippen LogP contribution is -2.16. The van der Waals surface area contributed by atoms with E-state index in [1.165, 1.54) is 6.08 Å². The van der Waals surface area contributed by atoms with Crippen LogP contribution in [-0.4, -0.2) is 10.9 Å². The van der Waals surface area contributed by atoms with Gasteiger partial charge in [-0.2, -0.15) is 0 Å². The third-order valence-corrected chi connectivity index (χ3v) is 3.19. The summed E-state index contributed by atoms with van der Waals surface area (Å²) >= 11 is 0. The van der Waals surface area contributed by atoms with Crippen molar-refractivity contribution in [2.24, 2.45) is 0 Å². The summed E-state index contributed by atoms with van der Waals surface area (Å²) in [6.45, 7) is 0. The van der Waals surface area contributed by atoms with E-state index >= 15 is 0 Å². The largest absolute Gasteiger partial charge is 0.380 e. The van der Waals surface area contributed by atoms with Gasteiger partial charge in [0, 0.05) is 0 Å². The Bertz CT molecular complexity index is 627. The molecule has 0 heterocycles. The van der Waals surface area contributed by atoms with Crippen molar-refractivity contribution in [3.8, 4) is 0 Å². The van der Waals surface area contributed by atoms with E-state index in [4.69, 9.17) is 0 Å². The van der Waals surface area contributed by atoms with E-state index in [2.05, 4.69) is 0 Å². The fourth-order valence-electron chi connectivity index (χ4n) is 2.29. The molecule has 0 aromatic heterocycles. The van der Waals surface area contributed by atoms with Gasteiger partial charge in [0.15, 0.2) is 5.78 Å². The normalized spacial score (nSPS) is 18.2. The van der Waals surface area contributed by atoms with Gasteiger partial charge >= 0.3 is 0 Å². The summed E-state index contributed by atoms with van der Waals surface area (Å²) in [5.74, 6) is -0.257. The van der Waals surface area contributed by atoms with Gasteiger partial charge in [0.25, 0.3) is 0 Å². The maximum absolute atomic E-state index is 11.8. The van der Waals surface area contributed by atoms with E-state index in [-0.39, 0.29) is 5.78 Å². The van der Waals surface area contributed by atoms with Crippen molar-refractivity contribution in [2.75, 3.05) is 0 Å². The Morgan fingerprint density at radius 1 is 0.889 bits per heavy atom. The van der Waals surface area contributed by atoms with Crippen LogP contribution in [0.2, 0.25) is 0 Å². The molecule has 0 fully saturated rings. The van der Waals surface area contributed by atoms with Crippen molar-refractivity contribution >= 4 is 11.4 Å². The highest BCUT2D eigenvalue weighted by atomic mass is 16.3. The molecule has 0 radical (unpaired) electrons. The molecule has 0 aliphatic heterocycles. The Morgan fingerprint density at radius 3 is 2.33 bits per heavy atom. The maximum atomic E-state index is 11.8. The van der Waals surface area contributed by atoms with Crippen LogP contribution in [0.3, 0.4) is 0 Å². The van der Waals surface area contributed by atoms with E-state index in [1.54, 1.807) is 6.07 Å². The lowest BCUT2D eigenvalue weighted by atomic mass is 9.85. The number of fused-ring (bicyclic) bond motifs is 1. The van der Waals surface area contributed by atoms with Crippen LogP contribution in [0.5, 0.6) is 0 Å². The van der Waals surface area contributed by atoms with Crippen LogP contribution in [0.25, 0.3) is 5.57 Å². The minimum absolute atomic E-state index is 0.257. The molecule has 18 heavy (non-hydrogen) atoms. The van der Waals surface area contributed by atoms with E-state index in [0.717, 1.165) is 16.7 Å². The van der Waals surface area contributed by atoms with Crippen LogP contribution < -0.4 is 0 Å². The van der Waals surface area contributed by atoms with Crippen molar-refractivity contribution in [3.63, 3.8) is 0 Å². The van der Waals surface area contributed by atoms with Crippen LogP contribution in [-0.2, 0) is 4.79 Å². The van der Waals surface area contributed by atoms with E-state index in [9.17, 15) is 9.90 Å². The average Bonchev–Trinajstić information content (AvgIpc) is 2.44. The number of carbonyl (C=O) groups is 1. The Kier molecular flexibility index (Phi) is 2.58. The van der Waals surface area contributed by atoms with Gasteiger partial charge in [-0.3, -0.25) is 4.79 Å². The zero-order valence-corrected chi connectivity index (χ0v) is 9.71. The summed E-state index contributed by atoms with van der Waals surface area (Å²) in [5, 5.41) is 9.90. The summed E-state index contributed by atoms with van der Waals surface area (Å²) in [6.07, 6.45) is 0.496. The summed E-state index contributed by atoms with van der Waals surface area (Å²) < 4.78 is 0. The van der Waals surface area contributed by atoms with Crippen LogP contribution in [0.1, 0.15) is 22.8 Å². The quantitative estimate of drug-likeness (QED) is 0.826. The van der Waals surface area contributed by atoms with E-state index < -0.39 is 6.10 Å². The maximum Gasteiger partial charge on any atom is 0.189 e. The monoisotopic (exact) mass is 236 g/mol. The molecule has 2 aromatic carbocycles. The predicted molar refractivity (Wildman–Crippen MR) is 69.9 cm³/mol. The average molecular weight is 236 g/mol. The number of hydrogen-bond donors (Lipinski definition) is 1. The van der Waals surface area contributed by atoms with Gasteiger partial charge in [0.1, 0.15) is 6.10 Å². The topological polar surface area (TPSA) is 37.3 Å². The lowest BCUT2D eigenvalue weighted by Gasteiger charge is -2.21. The minimum Gasteiger partial charge on any atom is -0.380 e. The SMILES string of the molecule is O=C1C=C(c2ccccc2)c2ccccc2C1O. The molecule has 1 atom stereocenters. The highest BCUT2D eigenvalue weighted by molar-refractivity contribution is 6.07. The third kappa shape index (κ3) is 1.67. The Hall–Kier alpha value is -2.19. The first-order chi connectivity index (χ1) is 8.77. The molecule has 1 N–H and O–H groups in total. The molecule has 0 saturated heterocycles. The standard InChI is InChI=1S/C16H12O2/c17-15-10-14(11-6-2-1-3-7-11)12-8-4-5-9-13(12)16(15)18/h1-10,16,18H. The van der Waals surface area contributed by atoms with Gasteiger partial charge in [-0.15, -0.1) is 0 Å². The van der Waals surface area contributed by atoms with Crippen molar-refractivity contribution in [1.29, 1.82) is 0 Å². The molecule has 2 heteroatoms. The molecule has 0 saturated carbocycles. The molecule has 1 aliphatic carbocycles. The lowest BCUT2D eigenvalue weighted by molar-refractivity contribution is -0.122. The van der Waals surface area contributed by atoms with Gasteiger partial charge in [-0.1, -0.05) is 54.6 Å². The number of hydrogen-bond acceptors (Lipinski definition) is 2. The van der Waals surface area contributed by atoms with E-state index in [1.807, 2.05) is 48.5 Å². The number of ketones is 1. The van der Waals surface area contributed by atoms with Crippen molar-refractivity contribution in [2.45, 2.75) is 6.10 Å². The number of rotatable bonds is 1. The van der Waals surface area contributed by atoms with Gasteiger partial charge in [-0.05, 0) is 28.3 Å². The Balaban J connectivity index is 2.21. The van der Waals surface area contributed by atoms with Gasteiger partial charge < -0.3 is 5.11 Å². The zero-order chi connectivity index (χ0) is 12.5. The predicted octanol–water partition coefficient (Wildman–Crippen LogP) is 2.73. The van der Waals surface area contributed by atoms with Crippen LogP contribution >= 0.6 is 0 Å². The number of carbonyl (C=O) groups excluding carboxylic acids is 1. The Labute approximate surface area is 105 Å². The van der Waals surface area contributed by atoms with Crippen LogP contribution in [0.15, 0.2) is 60.7 Å². The first-order valence-electron chi connectivity index (χ1n) is 5.86. The van der Waals surface area contributed by atoms with Gasteiger partial charge in [-0.25, -0.2) is 0 Å². The molecule has 88 valence electrons. The molecule has 3 rings (SSSR count). The number of aliphatic hydroxyl groups is 1. The van der Waals surface area contributed by atoms with Gasteiger partial charge in [0.2, 0.25) is 0 Å². The van der Waals surface area contributed by atoms with Crippen LogP contribution in [0, 0.1) is 0 Å². The Morgan fingerprint density at radius 2 is 1.56 bits per heavy atom.